The summed E-state index contributed by atoms with van der Waals surface area (Å²) in [7, 11) is 0. The minimum atomic E-state index is 0.479. The monoisotopic (exact) mass is 231 g/mol. The molecule has 1 rings (SSSR count). The molecule has 0 fully saturated rings. The van der Waals surface area contributed by atoms with Crippen LogP contribution in [-0.2, 0) is 0 Å². The van der Waals surface area contributed by atoms with E-state index in [2.05, 4.69) is 30.7 Å². The molecule has 0 aliphatic heterocycles. The maximum Gasteiger partial charge on any atom is 0.140 e. The fraction of sp³-hybridized carbons (Fsp3) is 0.571. The largest absolute Gasteiger partial charge is 0.370 e. The summed E-state index contributed by atoms with van der Waals surface area (Å²) in [6, 6.07) is 5.81. The maximum absolute atomic E-state index is 8.72. The van der Waals surface area contributed by atoms with Crippen molar-refractivity contribution in [3.63, 3.8) is 0 Å². The molecule has 0 aliphatic carbocycles. The van der Waals surface area contributed by atoms with Crippen molar-refractivity contribution in [2.75, 3.05) is 18.0 Å². The van der Waals surface area contributed by atoms with Gasteiger partial charge in [-0.2, -0.15) is 5.26 Å². The third-order valence-electron chi connectivity index (χ3n) is 3.24. The molecule has 0 amide bonds. The van der Waals surface area contributed by atoms with E-state index in [4.69, 9.17) is 5.26 Å². The molecule has 0 aromatic carbocycles. The lowest BCUT2D eigenvalue weighted by atomic mass is 10.0. The minimum absolute atomic E-state index is 0.479. The number of nitriles is 1. The molecule has 0 unspecified atom stereocenters. The Morgan fingerprint density at radius 1 is 1.29 bits per heavy atom. The summed E-state index contributed by atoms with van der Waals surface area (Å²) in [5.74, 6) is 0.727. The molecular formula is C14H21N3. The van der Waals surface area contributed by atoms with Crippen LogP contribution in [0.1, 0.15) is 39.3 Å². The van der Waals surface area contributed by atoms with Crippen LogP contribution in [0.25, 0.3) is 0 Å². The topological polar surface area (TPSA) is 39.9 Å². The standard InChI is InChI=1S/C14H21N3/c1-4-12(5-2)11-17(6-3)14-8-7-13(9-15)16-10-14/h7-8,10,12H,4-6,11H2,1-3H3. The first-order valence-electron chi connectivity index (χ1n) is 6.36. The molecular weight excluding hydrogens is 210 g/mol. The summed E-state index contributed by atoms with van der Waals surface area (Å²) < 4.78 is 0. The Balaban J connectivity index is 2.75. The number of anilines is 1. The van der Waals surface area contributed by atoms with Crippen LogP contribution in [0, 0.1) is 17.2 Å². The van der Waals surface area contributed by atoms with E-state index in [9.17, 15) is 0 Å². The molecule has 0 radical (unpaired) electrons. The van der Waals surface area contributed by atoms with E-state index in [0.717, 1.165) is 24.7 Å². The number of nitrogens with zero attached hydrogens (tertiary/aromatic N) is 3. The molecule has 0 saturated heterocycles. The SMILES string of the molecule is CCC(CC)CN(CC)c1ccc(C#N)nc1. The summed E-state index contributed by atoms with van der Waals surface area (Å²) in [6.45, 7) is 8.67. The second-order valence-electron chi connectivity index (χ2n) is 4.23. The Morgan fingerprint density at radius 2 is 2.00 bits per heavy atom. The molecule has 0 saturated carbocycles. The smallest absolute Gasteiger partial charge is 0.140 e. The number of hydrogen-bond donors (Lipinski definition) is 0. The van der Waals surface area contributed by atoms with Crippen molar-refractivity contribution in [1.29, 1.82) is 5.26 Å². The normalized spacial score (nSPS) is 10.3. The predicted octanol–water partition coefficient (Wildman–Crippen LogP) is 3.22. The first kappa shape index (κ1) is 13.5. The molecule has 0 N–H and O–H groups in total. The second kappa shape index (κ2) is 6.90. The van der Waals surface area contributed by atoms with Crippen molar-refractivity contribution in [2.24, 2.45) is 5.92 Å². The molecule has 0 atom stereocenters. The van der Waals surface area contributed by atoms with Gasteiger partial charge < -0.3 is 4.90 Å². The minimum Gasteiger partial charge on any atom is -0.370 e. The van der Waals surface area contributed by atoms with Crippen LogP contribution in [0.5, 0.6) is 0 Å². The third kappa shape index (κ3) is 3.74. The lowest BCUT2D eigenvalue weighted by molar-refractivity contribution is 0.486. The van der Waals surface area contributed by atoms with Crippen LogP contribution in [0.3, 0.4) is 0 Å². The van der Waals surface area contributed by atoms with Crippen LogP contribution < -0.4 is 4.90 Å². The predicted molar refractivity (Wildman–Crippen MR) is 70.9 cm³/mol. The Morgan fingerprint density at radius 3 is 2.41 bits per heavy atom. The zero-order chi connectivity index (χ0) is 12.7. The van der Waals surface area contributed by atoms with Gasteiger partial charge in [0.1, 0.15) is 11.8 Å². The van der Waals surface area contributed by atoms with Crippen molar-refractivity contribution in [2.45, 2.75) is 33.6 Å². The quantitative estimate of drug-likeness (QED) is 0.754. The molecule has 1 heterocycles. The van der Waals surface area contributed by atoms with Crippen LogP contribution >= 0.6 is 0 Å². The fourth-order valence-electron chi connectivity index (χ4n) is 1.91. The van der Waals surface area contributed by atoms with Crippen LogP contribution in [0.2, 0.25) is 0 Å². The second-order valence-corrected chi connectivity index (χ2v) is 4.23. The van der Waals surface area contributed by atoms with Gasteiger partial charge in [-0.15, -0.1) is 0 Å². The van der Waals surface area contributed by atoms with Gasteiger partial charge in [-0.1, -0.05) is 26.7 Å². The first-order chi connectivity index (χ1) is 8.24. The van der Waals surface area contributed by atoms with Crippen LogP contribution in [-0.4, -0.2) is 18.1 Å². The number of rotatable bonds is 6. The number of hydrogen-bond acceptors (Lipinski definition) is 3. The van der Waals surface area contributed by atoms with Gasteiger partial charge >= 0.3 is 0 Å². The highest BCUT2D eigenvalue weighted by Crippen LogP contribution is 2.17. The average Bonchev–Trinajstić information content (AvgIpc) is 2.40. The third-order valence-corrected chi connectivity index (χ3v) is 3.24. The Kier molecular flexibility index (Phi) is 5.48. The Labute approximate surface area is 104 Å². The first-order valence-corrected chi connectivity index (χ1v) is 6.36. The molecule has 0 bridgehead atoms. The van der Waals surface area contributed by atoms with E-state index in [1.54, 1.807) is 12.3 Å². The van der Waals surface area contributed by atoms with Crippen molar-refractivity contribution < 1.29 is 0 Å². The molecule has 1 aromatic heterocycles. The van der Waals surface area contributed by atoms with Crippen molar-refractivity contribution in [3.05, 3.63) is 24.0 Å². The van der Waals surface area contributed by atoms with Gasteiger partial charge in [0.25, 0.3) is 0 Å². The highest BCUT2D eigenvalue weighted by molar-refractivity contribution is 5.45. The summed E-state index contributed by atoms with van der Waals surface area (Å²) in [5.41, 5.74) is 1.59. The maximum atomic E-state index is 8.72. The van der Waals surface area contributed by atoms with Crippen molar-refractivity contribution >= 4 is 5.69 Å². The van der Waals surface area contributed by atoms with E-state index >= 15 is 0 Å². The van der Waals surface area contributed by atoms with E-state index in [1.165, 1.54) is 12.8 Å². The molecule has 17 heavy (non-hydrogen) atoms. The average molecular weight is 231 g/mol. The van der Waals surface area contributed by atoms with Gasteiger partial charge in [-0.05, 0) is 25.0 Å². The van der Waals surface area contributed by atoms with E-state index in [1.807, 2.05) is 12.1 Å². The molecule has 0 spiro atoms. The van der Waals surface area contributed by atoms with Gasteiger partial charge in [-0.3, -0.25) is 0 Å². The molecule has 1 aromatic rings. The lowest BCUT2D eigenvalue weighted by Crippen LogP contribution is -2.29. The van der Waals surface area contributed by atoms with E-state index in [-0.39, 0.29) is 0 Å². The van der Waals surface area contributed by atoms with E-state index < -0.39 is 0 Å². The molecule has 3 heteroatoms. The number of aromatic nitrogens is 1. The van der Waals surface area contributed by atoms with Gasteiger partial charge in [-0.25, -0.2) is 4.98 Å². The van der Waals surface area contributed by atoms with Crippen molar-refractivity contribution in [3.8, 4) is 6.07 Å². The zero-order valence-corrected chi connectivity index (χ0v) is 11.0. The summed E-state index contributed by atoms with van der Waals surface area (Å²) >= 11 is 0. The van der Waals surface area contributed by atoms with Gasteiger partial charge in [0.2, 0.25) is 0 Å². The Hall–Kier alpha value is -1.56. The summed E-state index contributed by atoms with van der Waals surface area (Å²) in [6.07, 6.45) is 4.21. The zero-order valence-electron chi connectivity index (χ0n) is 11.0. The summed E-state index contributed by atoms with van der Waals surface area (Å²) in [5, 5.41) is 8.72. The molecule has 3 nitrogen and oxygen atoms in total. The Bertz CT molecular complexity index is 360. The van der Waals surface area contributed by atoms with Gasteiger partial charge in [0, 0.05) is 13.1 Å². The van der Waals surface area contributed by atoms with Gasteiger partial charge in [0.15, 0.2) is 0 Å². The van der Waals surface area contributed by atoms with Crippen LogP contribution in [0.15, 0.2) is 18.3 Å². The summed E-state index contributed by atoms with van der Waals surface area (Å²) in [4.78, 5) is 6.45. The number of pyridine rings is 1. The van der Waals surface area contributed by atoms with Gasteiger partial charge in [0.05, 0.1) is 11.9 Å². The molecule has 92 valence electrons. The highest BCUT2D eigenvalue weighted by atomic mass is 15.1. The highest BCUT2D eigenvalue weighted by Gasteiger charge is 2.10. The van der Waals surface area contributed by atoms with E-state index in [0.29, 0.717) is 5.69 Å². The fourth-order valence-corrected chi connectivity index (χ4v) is 1.91. The molecule has 0 aliphatic rings. The van der Waals surface area contributed by atoms with Crippen LogP contribution in [0.4, 0.5) is 5.69 Å². The lowest BCUT2D eigenvalue weighted by Gasteiger charge is -2.27. The van der Waals surface area contributed by atoms with Crippen molar-refractivity contribution in [1.82, 2.24) is 4.98 Å².